The van der Waals surface area contributed by atoms with E-state index in [1.165, 1.54) is 5.56 Å². The van der Waals surface area contributed by atoms with Crippen LogP contribution in [0.15, 0.2) is 24.3 Å². The predicted octanol–water partition coefficient (Wildman–Crippen LogP) is 2.26. The minimum atomic E-state index is 0.266. The van der Waals surface area contributed by atoms with Gasteiger partial charge in [-0.15, -0.1) is 0 Å². The molecule has 1 atom stereocenters. The maximum Gasteiger partial charge on any atom is 0.118 e. The van der Waals surface area contributed by atoms with E-state index in [0.29, 0.717) is 5.92 Å². The number of rotatable bonds is 5. The Morgan fingerprint density at radius 3 is 2.36 bits per heavy atom. The Bertz CT molecular complexity index is 250. The van der Waals surface area contributed by atoms with Gasteiger partial charge >= 0.3 is 0 Å². The standard InChI is InChI=1S/C12H18O2/c1-3-10(9-13)8-11-4-6-12(14-2)7-5-11/h4-7,10,13H,3,8-9H2,1-2H3. The second-order valence-corrected chi connectivity index (χ2v) is 3.51. The Labute approximate surface area is 85.5 Å². The second-order valence-electron chi connectivity index (χ2n) is 3.51. The third kappa shape index (κ3) is 3.04. The first-order valence-corrected chi connectivity index (χ1v) is 5.04. The highest BCUT2D eigenvalue weighted by atomic mass is 16.5. The highest BCUT2D eigenvalue weighted by Crippen LogP contribution is 2.15. The molecule has 0 saturated heterocycles. The van der Waals surface area contributed by atoms with Gasteiger partial charge in [0.2, 0.25) is 0 Å². The summed E-state index contributed by atoms with van der Waals surface area (Å²) in [6.07, 6.45) is 1.96. The molecule has 1 aromatic rings. The van der Waals surface area contributed by atoms with Crippen molar-refractivity contribution in [3.63, 3.8) is 0 Å². The summed E-state index contributed by atoms with van der Waals surface area (Å²) in [6.45, 7) is 2.37. The lowest BCUT2D eigenvalue weighted by Crippen LogP contribution is -2.07. The fourth-order valence-corrected chi connectivity index (χ4v) is 1.43. The number of benzene rings is 1. The number of methoxy groups -OCH3 is 1. The Kier molecular flexibility index (Phi) is 4.47. The average molecular weight is 194 g/mol. The maximum absolute atomic E-state index is 9.06. The van der Waals surface area contributed by atoms with E-state index in [-0.39, 0.29) is 6.61 Å². The molecule has 0 radical (unpaired) electrons. The van der Waals surface area contributed by atoms with Gasteiger partial charge in [-0.3, -0.25) is 0 Å². The Morgan fingerprint density at radius 1 is 1.29 bits per heavy atom. The average Bonchev–Trinajstić information content (AvgIpc) is 2.26. The predicted molar refractivity (Wildman–Crippen MR) is 57.6 cm³/mol. The topological polar surface area (TPSA) is 29.5 Å². The van der Waals surface area contributed by atoms with Crippen LogP contribution in [0, 0.1) is 5.92 Å². The van der Waals surface area contributed by atoms with Crippen LogP contribution in [-0.2, 0) is 6.42 Å². The van der Waals surface area contributed by atoms with Crippen molar-refractivity contribution in [2.24, 2.45) is 5.92 Å². The van der Waals surface area contributed by atoms with Gasteiger partial charge in [0, 0.05) is 6.61 Å². The highest BCUT2D eigenvalue weighted by Gasteiger charge is 2.05. The first-order valence-electron chi connectivity index (χ1n) is 5.04. The molecule has 0 bridgehead atoms. The molecule has 0 aromatic heterocycles. The lowest BCUT2D eigenvalue weighted by molar-refractivity contribution is 0.222. The van der Waals surface area contributed by atoms with Crippen molar-refractivity contribution in [3.8, 4) is 5.75 Å². The fraction of sp³-hybridized carbons (Fsp3) is 0.500. The summed E-state index contributed by atoms with van der Waals surface area (Å²) in [6, 6.07) is 8.02. The molecule has 2 nitrogen and oxygen atoms in total. The zero-order valence-corrected chi connectivity index (χ0v) is 8.86. The number of ether oxygens (including phenoxy) is 1. The van der Waals surface area contributed by atoms with Gasteiger partial charge in [-0.1, -0.05) is 25.5 Å². The van der Waals surface area contributed by atoms with Crippen molar-refractivity contribution >= 4 is 0 Å². The quantitative estimate of drug-likeness (QED) is 0.779. The zero-order valence-electron chi connectivity index (χ0n) is 8.86. The Hall–Kier alpha value is -1.02. The Morgan fingerprint density at radius 2 is 1.93 bits per heavy atom. The largest absolute Gasteiger partial charge is 0.497 e. The van der Waals surface area contributed by atoms with E-state index in [4.69, 9.17) is 9.84 Å². The maximum atomic E-state index is 9.06. The van der Waals surface area contributed by atoms with Crippen LogP contribution in [0.2, 0.25) is 0 Å². The van der Waals surface area contributed by atoms with E-state index < -0.39 is 0 Å². The molecule has 0 aliphatic carbocycles. The summed E-state index contributed by atoms with van der Waals surface area (Å²) in [5.41, 5.74) is 1.26. The summed E-state index contributed by atoms with van der Waals surface area (Å²) in [4.78, 5) is 0. The molecule has 1 rings (SSSR count). The van der Waals surface area contributed by atoms with Crippen LogP contribution in [0.5, 0.6) is 5.75 Å². The summed E-state index contributed by atoms with van der Waals surface area (Å²) < 4.78 is 5.08. The summed E-state index contributed by atoms with van der Waals surface area (Å²) in [5, 5.41) is 9.06. The molecule has 2 heteroatoms. The van der Waals surface area contributed by atoms with Crippen molar-refractivity contribution in [1.82, 2.24) is 0 Å². The molecule has 0 spiro atoms. The van der Waals surface area contributed by atoms with Crippen molar-refractivity contribution < 1.29 is 9.84 Å². The minimum Gasteiger partial charge on any atom is -0.497 e. The van der Waals surface area contributed by atoms with Crippen LogP contribution in [0.3, 0.4) is 0 Å². The second kappa shape index (κ2) is 5.66. The molecule has 14 heavy (non-hydrogen) atoms. The summed E-state index contributed by atoms with van der Waals surface area (Å²) >= 11 is 0. The summed E-state index contributed by atoms with van der Waals surface area (Å²) in [5.74, 6) is 1.26. The van der Waals surface area contributed by atoms with Crippen LogP contribution < -0.4 is 4.74 Å². The van der Waals surface area contributed by atoms with Gasteiger partial charge in [-0.05, 0) is 30.0 Å². The molecule has 0 fully saturated rings. The lowest BCUT2D eigenvalue weighted by Gasteiger charge is -2.11. The lowest BCUT2D eigenvalue weighted by atomic mass is 9.98. The van der Waals surface area contributed by atoms with Crippen molar-refractivity contribution in [2.75, 3.05) is 13.7 Å². The molecule has 1 unspecified atom stereocenters. The monoisotopic (exact) mass is 194 g/mol. The molecular formula is C12H18O2. The van der Waals surface area contributed by atoms with Crippen LogP contribution in [0.25, 0.3) is 0 Å². The van der Waals surface area contributed by atoms with Crippen LogP contribution >= 0.6 is 0 Å². The first-order chi connectivity index (χ1) is 6.80. The molecule has 78 valence electrons. The summed E-state index contributed by atoms with van der Waals surface area (Å²) in [7, 11) is 1.66. The number of aliphatic hydroxyl groups excluding tert-OH is 1. The molecule has 0 saturated carbocycles. The third-order valence-corrected chi connectivity index (χ3v) is 2.52. The van der Waals surface area contributed by atoms with Crippen LogP contribution in [0.4, 0.5) is 0 Å². The minimum absolute atomic E-state index is 0.266. The molecule has 0 aliphatic heterocycles. The van der Waals surface area contributed by atoms with E-state index in [1.807, 2.05) is 12.1 Å². The Balaban J connectivity index is 2.58. The van der Waals surface area contributed by atoms with Crippen molar-refractivity contribution in [2.45, 2.75) is 19.8 Å². The van der Waals surface area contributed by atoms with Crippen molar-refractivity contribution in [1.29, 1.82) is 0 Å². The van der Waals surface area contributed by atoms with E-state index in [9.17, 15) is 0 Å². The van der Waals surface area contributed by atoms with E-state index in [1.54, 1.807) is 7.11 Å². The van der Waals surface area contributed by atoms with Gasteiger partial charge in [-0.25, -0.2) is 0 Å². The number of hydrogen-bond acceptors (Lipinski definition) is 2. The first kappa shape index (κ1) is 11.1. The molecule has 0 aliphatic rings. The van der Waals surface area contributed by atoms with Crippen molar-refractivity contribution in [3.05, 3.63) is 29.8 Å². The molecule has 0 amide bonds. The van der Waals surface area contributed by atoms with Gasteiger partial charge in [0.25, 0.3) is 0 Å². The normalized spacial score (nSPS) is 12.5. The smallest absolute Gasteiger partial charge is 0.118 e. The van der Waals surface area contributed by atoms with E-state index in [2.05, 4.69) is 19.1 Å². The SMILES string of the molecule is CCC(CO)Cc1ccc(OC)cc1. The van der Waals surface area contributed by atoms with Gasteiger partial charge < -0.3 is 9.84 Å². The van der Waals surface area contributed by atoms with E-state index in [0.717, 1.165) is 18.6 Å². The van der Waals surface area contributed by atoms with Crippen LogP contribution in [0.1, 0.15) is 18.9 Å². The molecule has 0 heterocycles. The number of aliphatic hydroxyl groups is 1. The fourth-order valence-electron chi connectivity index (χ4n) is 1.43. The highest BCUT2D eigenvalue weighted by molar-refractivity contribution is 5.27. The van der Waals surface area contributed by atoms with Gasteiger partial charge in [0.15, 0.2) is 0 Å². The third-order valence-electron chi connectivity index (χ3n) is 2.52. The van der Waals surface area contributed by atoms with Gasteiger partial charge in [0.05, 0.1) is 7.11 Å². The molecule has 1 N–H and O–H groups in total. The molecular weight excluding hydrogens is 176 g/mol. The van der Waals surface area contributed by atoms with Crippen LogP contribution in [-0.4, -0.2) is 18.8 Å². The van der Waals surface area contributed by atoms with Gasteiger partial charge in [0.1, 0.15) is 5.75 Å². The van der Waals surface area contributed by atoms with Gasteiger partial charge in [-0.2, -0.15) is 0 Å². The number of hydrogen-bond donors (Lipinski definition) is 1. The van der Waals surface area contributed by atoms with E-state index >= 15 is 0 Å². The molecule has 1 aromatic carbocycles. The zero-order chi connectivity index (χ0) is 10.4.